The van der Waals surface area contributed by atoms with E-state index in [4.69, 9.17) is 9.47 Å². The van der Waals surface area contributed by atoms with Gasteiger partial charge in [-0.3, -0.25) is 4.79 Å². The van der Waals surface area contributed by atoms with E-state index in [1.807, 2.05) is 60.5 Å². The molecular weight excluding hydrogens is 456 g/mol. The lowest BCUT2D eigenvalue weighted by Gasteiger charge is -2.27. The molecule has 3 aliphatic rings. The highest BCUT2D eigenvalue weighted by atomic mass is 16.5. The highest BCUT2D eigenvalue weighted by molar-refractivity contribution is 5.99. The molecule has 8 heteroatoms. The molecule has 0 bridgehead atoms. The smallest absolute Gasteiger partial charge is 0.323 e. The van der Waals surface area contributed by atoms with Crippen molar-refractivity contribution >= 4 is 29.0 Å². The van der Waals surface area contributed by atoms with E-state index < -0.39 is 0 Å². The highest BCUT2D eigenvalue weighted by Crippen LogP contribution is 2.27. The Morgan fingerprint density at radius 3 is 2.22 bits per heavy atom. The van der Waals surface area contributed by atoms with Crippen LogP contribution in [0.1, 0.15) is 44.9 Å². The molecule has 0 radical (unpaired) electrons. The van der Waals surface area contributed by atoms with Gasteiger partial charge < -0.3 is 29.9 Å². The largest absolute Gasteiger partial charge is 0.490 e. The van der Waals surface area contributed by atoms with Crippen molar-refractivity contribution in [3.8, 4) is 5.75 Å². The Morgan fingerprint density at radius 1 is 0.917 bits per heavy atom. The summed E-state index contributed by atoms with van der Waals surface area (Å²) in [6, 6.07) is 15.2. The number of nitrogens with zero attached hydrogens (tertiary/aromatic N) is 2. The molecule has 2 aliphatic heterocycles. The molecule has 8 nitrogen and oxygen atoms in total. The summed E-state index contributed by atoms with van der Waals surface area (Å²) in [5.74, 6) is 0.941. The SMILES string of the molecule is CN(C(=O)C1CCCO1)C1CCN(c2ccc(NC(=O)Nc3ccc(OC4CCCC4)cc3)cc2)C1. The normalized spacial score (nSPS) is 22.0. The predicted octanol–water partition coefficient (Wildman–Crippen LogP) is 4.87. The Balaban J connectivity index is 1.09. The molecule has 36 heavy (non-hydrogen) atoms. The number of ether oxygens (including phenoxy) is 2. The molecule has 1 saturated carbocycles. The van der Waals surface area contributed by atoms with Crippen molar-refractivity contribution < 1.29 is 19.1 Å². The molecule has 2 saturated heterocycles. The van der Waals surface area contributed by atoms with Gasteiger partial charge in [-0.05, 0) is 93.5 Å². The van der Waals surface area contributed by atoms with Crippen LogP contribution in [0.25, 0.3) is 0 Å². The number of urea groups is 1. The summed E-state index contributed by atoms with van der Waals surface area (Å²) in [6.45, 7) is 2.37. The van der Waals surface area contributed by atoms with E-state index in [-0.39, 0.29) is 24.1 Å². The number of carbonyl (C=O) groups excluding carboxylic acids is 2. The van der Waals surface area contributed by atoms with Gasteiger partial charge in [0.1, 0.15) is 11.9 Å². The minimum absolute atomic E-state index is 0.0980. The number of benzene rings is 2. The van der Waals surface area contributed by atoms with Crippen LogP contribution in [-0.2, 0) is 9.53 Å². The van der Waals surface area contributed by atoms with Crippen LogP contribution in [0.3, 0.4) is 0 Å². The van der Waals surface area contributed by atoms with Gasteiger partial charge in [-0.1, -0.05) is 0 Å². The van der Waals surface area contributed by atoms with Crippen LogP contribution in [0.5, 0.6) is 5.75 Å². The van der Waals surface area contributed by atoms with E-state index in [0.29, 0.717) is 18.4 Å². The molecule has 2 heterocycles. The maximum atomic E-state index is 12.7. The molecular formula is C28H36N4O4. The Hall–Kier alpha value is -3.26. The van der Waals surface area contributed by atoms with Crippen molar-refractivity contribution in [3.63, 3.8) is 0 Å². The van der Waals surface area contributed by atoms with E-state index in [0.717, 1.165) is 62.3 Å². The molecule has 1 aliphatic carbocycles. The maximum Gasteiger partial charge on any atom is 0.323 e. The first-order chi connectivity index (χ1) is 17.5. The van der Waals surface area contributed by atoms with Crippen molar-refractivity contribution in [1.82, 2.24) is 4.90 Å². The van der Waals surface area contributed by atoms with Gasteiger partial charge in [0, 0.05) is 43.8 Å². The van der Waals surface area contributed by atoms with E-state index in [9.17, 15) is 9.59 Å². The van der Waals surface area contributed by atoms with Crippen LogP contribution in [0.2, 0.25) is 0 Å². The lowest BCUT2D eigenvalue weighted by molar-refractivity contribution is -0.141. The van der Waals surface area contributed by atoms with E-state index in [1.165, 1.54) is 12.8 Å². The first-order valence-electron chi connectivity index (χ1n) is 13.1. The standard InChI is InChI=1S/C28H36N4O4/c1-31(27(33)26-7-4-18-35-26)23-16-17-32(19-23)22-12-8-20(9-13-22)29-28(34)30-21-10-14-25(15-11-21)36-24-5-2-3-6-24/h8-15,23-24,26H,2-7,16-19H2,1H3,(H2,29,30,34). The molecule has 3 amide bonds. The number of rotatable bonds is 7. The average Bonchev–Trinajstić information content (AvgIpc) is 3.68. The Bertz CT molecular complexity index is 1030. The second-order valence-electron chi connectivity index (χ2n) is 10.0. The minimum Gasteiger partial charge on any atom is -0.490 e. The molecule has 0 spiro atoms. The Labute approximate surface area is 212 Å². The van der Waals surface area contributed by atoms with Crippen molar-refractivity contribution in [2.45, 2.75) is 63.2 Å². The van der Waals surface area contributed by atoms with Gasteiger partial charge >= 0.3 is 6.03 Å². The zero-order chi connectivity index (χ0) is 24.9. The third kappa shape index (κ3) is 5.93. The number of nitrogens with one attached hydrogen (secondary N) is 2. The summed E-state index contributed by atoms with van der Waals surface area (Å²) in [5.41, 5.74) is 2.52. The number of likely N-dealkylation sites (N-methyl/N-ethyl adjacent to an activating group) is 1. The topological polar surface area (TPSA) is 83.1 Å². The Kier molecular flexibility index (Phi) is 7.60. The fraction of sp³-hybridized carbons (Fsp3) is 0.500. The number of amides is 3. The van der Waals surface area contributed by atoms with Gasteiger partial charge in [0.05, 0.1) is 12.1 Å². The molecule has 0 aromatic heterocycles. The number of anilines is 3. The molecule has 5 rings (SSSR count). The van der Waals surface area contributed by atoms with Gasteiger partial charge in [0.25, 0.3) is 5.91 Å². The highest BCUT2D eigenvalue weighted by Gasteiger charge is 2.33. The minimum atomic E-state index is -0.289. The molecule has 2 unspecified atom stereocenters. The summed E-state index contributed by atoms with van der Waals surface area (Å²) in [4.78, 5) is 29.3. The van der Waals surface area contributed by atoms with Crippen molar-refractivity contribution in [2.75, 3.05) is 42.3 Å². The van der Waals surface area contributed by atoms with Crippen molar-refractivity contribution in [2.24, 2.45) is 0 Å². The average molecular weight is 493 g/mol. The van der Waals surface area contributed by atoms with Crippen molar-refractivity contribution in [3.05, 3.63) is 48.5 Å². The predicted molar refractivity (Wildman–Crippen MR) is 141 cm³/mol. The summed E-state index contributed by atoms with van der Waals surface area (Å²) in [6.07, 6.45) is 7.46. The van der Waals surface area contributed by atoms with Gasteiger partial charge in [-0.15, -0.1) is 0 Å². The third-order valence-electron chi connectivity index (χ3n) is 7.47. The fourth-order valence-corrected chi connectivity index (χ4v) is 5.34. The second-order valence-corrected chi connectivity index (χ2v) is 10.0. The van der Waals surface area contributed by atoms with Crippen LogP contribution in [0.15, 0.2) is 48.5 Å². The van der Waals surface area contributed by atoms with Crippen molar-refractivity contribution in [1.29, 1.82) is 0 Å². The van der Waals surface area contributed by atoms with Crippen LogP contribution in [0.4, 0.5) is 21.9 Å². The number of hydrogen-bond acceptors (Lipinski definition) is 5. The van der Waals surface area contributed by atoms with Crippen LogP contribution in [0, 0.1) is 0 Å². The molecule has 3 fully saturated rings. The molecule has 2 atom stereocenters. The Morgan fingerprint density at radius 2 is 1.58 bits per heavy atom. The van der Waals surface area contributed by atoms with Crippen LogP contribution >= 0.6 is 0 Å². The number of hydrogen-bond donors (Lipinski definition) is 2. The molecule has 2 aromatic rings. The van der Waals surface area contributed by atoms with Gasteiger partial charge in [-0.2, -0.15) is 0 Å². The lowest BCUT2D eigenvalue weighted by atomic mass is 10.1. The van der Waals surface area contributed by atoms with Gasteiger partial charge in [-0.25, -0.2) is 4.79 Å². The third-order valence-corrected chi connectivity index (χ3v) is 7.47. The summed E-state index contributed by atoms with van der Waals surface area (Å²) in [7, 11) is 1.89. The van der Waals surface area contributed by atoms with Crippen LogP contribution < -0.4 is 20.3 Å². The van der Waals surface area contributed by atoms with Gasteiger partial charge in [0.15, 0.2) is 0 Å². The van der Waals surface area contributed by atoms with E-state index in [1.54, 1.807) is 0 Å². The summed E-state index contributed by atoms with van der Waals surface area (Å²) >= 11 is 0. The molecule has 2 N–H and O–H groups in total. The lowest BCUT2D eigenvalue weighted by Crippen LogP contribution is -2.44. The molecule has 192 valence electrons. The summed E-state index contributed by atoms with van der Waals surface area (Å²) < 4.78 is 11.6. The fourth-order valence-electron chi connectivity index (χ4n) is 5.34. The van der Waals surface area contributed by atoms with E-state index >= 15 is 0 Å². The number of carbonyl (C=O) groups is 2. The van der Waals surface area contributed by atoms with Gasteiger partial charge in [0.2, 0.25) is 0 Å². The zero-order valence-corrected chi connectivity index (χ0v) is 20.9. The zero-order valence-electron chi connectivity index (χ0n) is 20.9. The monoisotopic (exact) mass is 492 g/mol. The van der Waals surface area contributed by atoms with E-state index in [2.05, 4.69) is 15.5 Å². The molecule has 2 aromatic carbocycles. The van der Waals surface area contributed by atoms with Crippen LogP contribution in [-0.4, -0.2) is 61.8 Å². The second kappa shape index (κ2) is 11.2. The quantitative estimate of drug-likeness (QED) is 0.576. The first-order valence-corrected chi connectivity index (χ1v) is 13.1. The summed E-state index contributed by atoms with van der Waals surface area (Å²) in [5, 5.41) is 5.76. The first kappa shape index (κ1) is 24.4. The maximum absolute atomic E-state index is 12.7.